The second-order valence-corrected chi connectivity index (χ2v) is 8.68. The number of anilines is 2. The number of likely N-dealkylation sites (tertiary alicyclic amines) is 1. The quantitative estimate of drug-likeness (QED) is 0.623. The zero-order valence-electron chi connectivity index (χ0n) is 18.7. The van der Waals surface area contributed by atoms with Crippen LogP contribution in [0, 0.1) is 0 Å². The molecule has 0 saturated carbocycles. The van der Waals surface area contributed by atoms with E-state index < -0.39 is 0 Å². The topological polar surface area (TPSA) is 80.2 Å². The molecule has 0 bridgehead atoms. The number of amides is 1. The minimum atomic E-state index is -0.261. The molecule has 2 aliphatic rings. The average Bonchev–Trinajstić information content (AvgIpc) is 2.90. The predicted molar refractivity (Wildman–Crippen MR) is 127 cm³/mol. The molecule has 3 aromatic rings. The van der Waals surface area contributed by atoms with Gasteiger partial charge in [0.15, 0.2) is 0 Å². The molecule has 0 spiro atoms. The molecule has 2 saturated heterocycles. The Hall–Kier alpha value is -3.32. The fraction of sp³-hybridized carbons (Fsp3) is 0.385. The van der Waals surface area contributed by atoms with Crippen molar-refractivity contribution in [2.45, 2.75) is 44.1 Å². The standard InChI is InChI=1S/C26H29N5O2/c32-26(23-8-4-5-17-33-23)31-15-11-20(12-16-31)25-29-22(19-9-13-27-14-10-19)18-24(30-25)28-21-6-2-1-3-7-21/h1-3,6-7,9-10,13-14,18,20,23H,4-5,8,11-12,15-17H2,(H,28,29,30)/t23-/m0/s1. The van der Waals surface area contributed by atoms with E-state index in [9.17, 15) is 4.79 Å². The third-order valence-corrected chi connectivity index (χ3v) is 6.39. The highest BCUT2D eigenvalue weighted by Gasteiger charge is 2.31. The van der Waals surface area contributed by atoms with Crippen LogP contribution in [0.1, 0.15) is 43.8 Å². The number of hydrogen-bond acceptors (Lipinski definition) is 6. The SMILES string of the molecule is O=C([C@@H]1CCCCO1)N1CCC(c2nc(Nc3ccccc3)cc(-c3ccncc3)n2)CC1. The van der Waals surface area contributed by atoms with Crippen molar-refractivity contribution in [1.82, 2.24) is 19.9 Å². The van der Waals surface area contributed by atoms with Gasteiger partial charge >= 0.3 is 0 Å². The number of para-hydroxylation sites is 1. The molecule has 2 aromatic heterocycles. The van der Waals surface area contributed by atoms with Crippen molar-refractivity contribution >= 4 is 17.4 Å². The largest absolute Gasteiger partial charge is 0.368 e. The number of hydrogen-bond donors (Lipinski definition) is 1. The van der Waals surface area contributed by atoms with E-state index in [-0.39, 0.29) is 17.9 Å². The van der Waals surface area contributed by atoms with Gasteiger partial charge in [0, 0.05) is 55.3 Å². The van der Waals surface area contributed by atoms with Gasteiger partial charge in [-0.3, -0.25) is 9.78 Å². The van der Waals surface area contributed by atoms with Crippen LogP contribution in [-0.4, -0.2) is 51.6 Å². The number of carbonyl (C=O) groups is 1. The van der Waals surface area contributed by atoms with Crippen molar-refractivity contribution in [2.75, 3.05) is 25.0 Å². The van der Waals surface area contributed by atoms with Crippen LogP contribution >= 0.6 is 0 Å². The summed E-state index contributed by atoms with van der Waals surface area (Å²) < 4.78 is 5.71. The van der Waals surface area contributed by atoms with Crippen LogP contribution in [-0.2, 0) is 9.53 Å². The first-order chi connectivity index (χ1) is 16.3. The Labute approximate surface area is 194 Å². The molecule has 1 N–H and O–H groups in total. The summed E-state index contributed by atoms with van der Waals surface area (Å²) in [6.07, 6.45) is 7.95. The minimum absolute atomic E-state index is 0.144. The van der Waals surface area contributed by atoms with Crippen LogP contribution in [0.25, 0.3) is 11.3 Å². The van der Waals surface area contributed by atoms with E-state index in [2.05, 4.69) is 10.3 Å². The normalized spacial score (nSPS) is 19.3. The van der Waals surface area contributed by atoms with Gasteiger partial charge in [-0.2, -0.15) is 0 Å². The Morgan fingerprint density at radius 2 is 1.76 bits per heavy atom. The molecule has 1 aromatic carbocycles. The van der Waals surface area contributed by atoms with E-state index in [0.717, 1.165) is 60.7 Å². The Balaban J connectivity index is 1.35. The maximum atomic E-state index is 12.8. The molecule has 33 heavy (non-hydrogen) atoms. The van der Waals surface area contributed by atoms with E-state index in [4.69, 9.17) is 14.7 Å². The highest BCUT2D eigenvalue weighted by molar-refractivity contribution is 5.81. The van der Waals surface area contributed by atoms with E-state index in [1.165, 1.54) is 0 Å². The smallest absolute Gasteiger partial charge is 0.251 e. The van der Waals surface area contributed by atoms with E-state index in [0.29, 0.717) is 19.7 Å². The number of nitrogens with zero attached hydrogens (tertiary/aromatic N) is 4. The van der Waals surface area contributed by atoms with Crippen LogP contribution in [0.2, 0.25) is 0 Å². The van der Waals surface area contributed by atoms with Gasteiger partial charge in [0.25, 0.3) is 5.91 Å². The summed E-state index contributed by atoms with van der Waals surface area (Å²) in [5.74, 6) is 1.95. The molecule has 5 rings (SSSR count). The van der Waals surface area contributed by atoms with Crippen LogP contribution in [0.15, 0.2) is 60.9 Å². The van der Waals surface area contributed by atoms with Crippen molar-refractivity contribution in [3.8, 4) is 11.3 Å². The van der Waals surface area contributed by atoms with Gasteiger partial charge in [0.1, 0.15) is 17.7 Å². The second-order valence-electron chi connectivity index (χ2n) is 8.68. The monoisotopic (exact) mass is 443 g/mol. The lowest BCUT2D eigenvalue weighted by molar-refractivity contribution is -0.147. The first-order valence-corrected chi connectivity index (χ1v) is 11.8. The number of aromatic nitrogens is 3. The minimum Gasteiger partial charge on any atom is -0.368 e. The summed E-state index contributed by atoms with van der Waals surface area (Å²) in [4.78, 5) is 28.7. The van der Waals surface area contributed by atoms with Crippen LogP contribution in [0.3, 0.4) is 0 Å². The van der Waals surface area contributed by atoms with Crippen molar-refractivity contribution in [2.24, 2.45) is 0 Å². The molecule has 7 nitrogen and oxygen atoms in total. The lowest BCUT2D eigenvalue weighted by Crippen LogP contribution is -2.45. The Morgan fingerprint density at radius 1 is 0.970 bits per heavy atom. The number of benzene rings is 1. The number of nitrogens with one attached hydrogen (secondary N) is 1. The number of piperidine rings is 1. The number of rotatable bonds is 5. The molecule has 2 aliphatic heterocycles. The molecule has 0 unspecified atom stereocenters. The highest BCUT2D eigenvalue weighted by Crippen LogP contribution is 2.30. The summed E-state index contributed by atoms with van der Waals surface area (Å²) in [7, 11) is 0. The fourth-order valence-electron chi connectivity index (χ4n) is 4.55. The molecule has 4 heterocycles. The lowest BCUT2D eigenvalue weighted by atomic mass is 9.95. The summed E-state index contributed by atoms with van der Waals surface area (Å²) in [5.41, 5.74) is 2.86. The number of ether oxygens (including phenoxy) is 1. The maximum Gasteiger partial charge on any atom is 0.251 e. The van der Waals surface area contributed by atoms with Gasteiger partial charge in [-0.1, -0.05) is 18.2 Å². The molecule has 0 aliphatic carbocycles. The molecule has 1 atom stereocenters. The van der Waals surface area contributed by atoms with Gasteiger partial charge < -0.3 is 15.0 Å². The maximum absolute atomic E-state index is 12.8. The van der Waals surface area contributed by atoms with Gasteiger partial charge in [0.2, 0.25) is 0 Å². The fourth-order valence-corrected chi connectivity index (χ4v) is 4.55. The van der Waals surface area contributed by atoms with Crippen LogP contribution in [0.4, 0.5) is 11.5 Å². The first-order valence-electron chi connectivity index (χ1n) is 11.8. The lowest BCUT2D eigenvalue weighted by Gasteiger charge is -2.34. The first kappa shape index (κ1) is 21.5. The number of pyridine rings is 1. The highest BCUT2D eigenvalue weighted by atomic mass is 16.5. The third kappa shape index (κ3) is 5.20. The van der Waals surface area contributed by atoms with Crippen molar-refractivity contribution in [1.29, 1.82) is 0 Å². The molecule has 7 heteroatoms. The average molecular weight is 444 g/mol. The summed E-state index contributed by atoms with van der Waals surface area (Å²) in [6.45, 7) is 2.13. The van der Waals surface area contributed by atoms with Gasteiger partial charge in [-0.05, 0) is 56.4 Å². The summed E-state index contributed by atoms with van der Waals surface area (Å²) in [5, 5.41) is 3.42. The van der Waals surface area contributed by atoms with Gasteiger partial charge in [-0.15, -0.1) is 0 Å². The van der Waals surface area contributed by atoms with Crippen molar-refractivity contribution in [3.05, 3.63) is 66.7 Å². The Kier molecular flexibility index (Phi) is 6.58. The van der Waals surface area contributed by atoms with E-state index in [1.54, 1.807) is 12.4 Å². The molecule has 2 fully saturated rings. The molecular weight excluding hydrogens is 414 g/mol. The zero-order chi connectivity index (χ0) is 22.5. The van der Waals surface area contributed by atoms with Crippen LogP contribution in [0.5, 0.6) is 0 Å². The molecular formula is C26H29N5O2. The predicted octanol–water partition coefficient (Wildman–Crippen LogP) is 4.56. The van der Waals surface area contributed by atoms with Crippen molar-refractivity contribution in [3.63, 3.8) is 0 Å². The summed E-state index contributed by atoms with van der Waals surface area (Å²) >= 11 is 0. The third-order valence-electron chi connectivity index (χ3n) is 6.39. The van der Waals surface area contributed by atoms with Gasteiger partial charge in [0.05, 0.1) is 5.69 Å². The van der Waals surface area contributed by atoms with Crippen molar-refractivity contribution < 1.29 is 9.53 Å². The molecule has 170 valence electrons. The van der Waals surface area contributed by atoms with E-state index in [1.807, 2.05) is 53.4 Å². The zero-order valence-corrected chi connectivity index (χ0v) is 18.7. The van der Waals surface area contributed by atoms with Gasteiger partial charge in [-0.25, -0.2) is 9.97 Å². The molecule has 1 amide bonds. The van der Waals surface area contributed by atoms with Crippen LogP contribution < -0.4 is 5.32 Å². The number of carbonyl (C=O) groups excluding carboxylic acids is 1. The Morgan fingerprint density at radius 3 is 2.48 bits per heavy atom. The second kappa shape index (κ2) is 10.1. The van der Waals surface area contributed by atoms with E-state index >= 15 is 0 Å². The Bertz CT molecular complexity index is 1060. The summed E-state index contributed by atoms with van der Waals surface area (Å²) in [6, 6.07) is 15.9. The molecule has 0 radical (unpaired) electrons.